The van der Waals surface area contributed by atoms with Gasteiger partial charge in [-0.1, -0.05) is 36.4 Å². The molecule has 1 aliphatic rings. The number of fused-ring (bicyclic) bond motifs is 1. The molecule has 0 atom stereocenters. The first kappa shape index (κ1) is 22.1. The van der Waals surface area contributed by atoms with E-state index in [2.05, 4.69) is 14.8 Å². The highest BCUT2D eigenvalue weighted by Gasteiger charge is 2.27. The average Bonchev–Trinajstić information content (AvgIpc) is 3.23. The normalized spacial score (nSPS) is 14.5. The molecule has 5 rings (SSSR count). The van der Waals surface area contributed by atoms with Crippen molar-refractivity contribution in [3.8, 4) is 0 Å². The Labute approximate surface area is 197 Å². The van der Waals surface area contributed by atoms with Gasteiger partial charge in [0.05, 0.1) is 17.6 Å². The maximum Gasteiger partial charge on any atom is 0.223 e. The topological polar surface area (TPSA) is 50.2 Å². The van der Waals surface area contributed by atoms with Gasteiger partial charge in [0, 0.05) is 25.6 Å². The van der Waals surface area contributed by atoms with Gasteiger partial charge in [-0.05, 0) is 60.4 Å². The van der Waals surface area contributed by atoms with Crippen molar-refractivity contribution in [2.75, 3.05) is 18.0 Å². The first-order valence-corrected chi connectivity index (χ1v) is 11.5. The maximum atomic E-state index is 13.4. The molecule has 0 saturated carbocycles. The van der Waals surface area contributed by atoms with Gasteiger partial charge in [0.25, 0.3) is 0 Å². The number of halogens is 2. The number of benzene rings is 3. The average molecular weight is 461 g/mol. The zero-order chi connectivity index (χ0) is 23.5. The molecule has 0 bridgehead atoms. The lowest BCUT2D eigenvalue weighted by Gasteiger charge is -2.32. The molecule has 0 unspecified atom stereocenters. The van der Waals surface area contributed by atoms with E-state index in [9.17, 15) is 13.6 Å². The second-order valence-electron chi connectivity index (χ2n) is 8.72. The number of anilines is 1. The largest absolute Gasteiger partial charge is 0.352 e. The van der Waals surface area contributed by atoms with Crippen LogP contribution in [0.1, 0.15) is 24.0 Å². The van der Waals surface area contributed by atoms with Crippen LogP contribution in [0, 0.1) is 17.6 Å². The fraction of sp³-hybridized carbons (Fsp3) is 0.259. The van der Waals surface area contributed by atoms with Crippen molar-refractivity contribution in [1.29, 1.82) is 0 Å². The molecule has 34 heavy (non-hydrogen) atoms. The SMILES string of the molecule is O=C(NCc1ccc(F)cc1)C1CCN(c2nc3ccccc3n2Cc2ccc(F)cc2)CC1. The molecule has 2 heterocycles. The second kappa shape index (κ2) is 9.63. The highest BCUT2D eigenvalue weighted by molar-refractivity contribution is 5.80. The number of imidazole rings is 1. The monoisotopic (exact) mass is 460 g/mol. The zero-order valence-corrected chi connectivity index (χ0v) is 18.8. The zero-order valence-electron chi connectivity index (χ0n) is 18.8. The van der Waals surface area contributed by atoms with E-state index in [0.717, 1.165) is 54.0 Å². The molecule has 5 nitrogen and oxygen atoms in total. The molecule has 1 fully saturated rings. The van der Waals surface area contributed by atoms with Gasteiger partial charge in [0.2, 0.25) is 11.9 Å². The first-order chi connectivity index (χ1) is 16.6. The van der Waals surface area contributed by atoms with Gasteiger partial charge in [-0.2, -0.15) is 0 Å². The summed E-state index contributed by atoms with van der Waals surface area (Å²) < 4.78 is 28.6. The summed E-state index contributed by atoms with van der Waals surface area (Å²) >= 11 is 0. The van der Waals surface area contributed by atoms with E-state index >= 15 is 0 Å². The van der Waals surface area contributed by atoms with E-state index < -0.39 is 0 Å². The Bertz CT molecular complexity index is 1280. The predicted molar refractivity (Wildman–Crippen MR) is 128 cm³/mol. The van der Waals surface area contributed by atoms with Gasteiger partial charge >= 0.3 is 0 Å². The van der Waals surface area contributed by atoms with Crippen molar-refractivity contribution in [2.45, 2.75) is 25.9 Å². The van der Waals surface area contributed by atoms with Crippen LogP contribution in [-0.2, 0) is 17.9 Å². The quantitative estimate of drug-likeness (QED) is 0.446. The highest BCUT2D eigenvalue weighted by atomic mass is 19.1. The van der Waals surface area contributed by atoms with Gasteiger partial charge in [0.1, 0.15) is 11.6 Å². The molecule has 0 radical (unpaired) electrons. The number of nitrogens with zero attached hydrogens (tertiary/aromatic N) is 3. The third-order valence-electron chi connectivity index (χ3n) is 6.42. The second-order valence-corrected chi connectivity index (χ2v) is 8.72. The van der Waals surface area contributed by atoms with E-state index in [0.29, 0.717) is 13.1 Å². The van der Waals surface area contributed by atoms with Crippen molar-refractivity contribution in [3.63, 3.8) is 0 Å². The minimum absolute atomic E-state index is 0.0313. The molecule has 174 valence electrons. The van der Waals surface area contributed by atoms with Gasteiger partial charge < -0.3 is 14.8 Å². The molecule has 1 aliphatic heterocycles. The van der Waals surface area contributed by atoms with E-state index in [1.54, 1.807) is 24.3 Å². The molecule has 7 heteroatoms. The Morgan fingerprint density at radius 3 is 2.18 bits per heavy atom. The van der Waals surface area contributed by atoms with Crippen molar-refractivity contribution in [2.24, 2.45) is 5.92 Å². The Morgan fingerprint density at radius 1 is 0.882 bits per heavy atom. The van der Waals surface area contributed by atoms with E-state index in [1.165, 1.54) is 24.3 Å². The Balaban J connectivity index is 1.27. The molecule has 1 saturated heterocycles. The lowest BCUT2D eigenvalue weighted by molar-refractivity contribution is -0.125. The summed E-state index contributed by atoms with van der Waals surface area (Å²) in [6, 6.07) is 20.7. The van der Waals surface area contributed by atoms with Crippen LogP contribution in [0.4, 0.5) is 14.7 Å². The summed E-state index contributed by atoms with van der Waals surface area (Å²) in [5, 5.41) is 2.98. The number of nitrogens with one attached hydrogen (secondary N) is 1. The minimum Gasteiger partial charge on any atom is -0.352 e. The molecular formula is C27H26F2N4O. The summed E-state index contributed by atoms with van der Waals surface area (Å²) in [6.45, 7) is 2.43. The summed E-state index contributed by atoms with van der Waals surface area (Å²) in [5.41, 5.74) is 3.82. The highest BCUT2D eigenvalue weighted by Crippen LogP contribution is 2.28. The van der Waals surface area contributed by atoms with Crippen molar-refractivity contribution in [1.82, 2.24) is 14.9 Å². The summed E-state index contributed by atoms with van der Waals surface area (Å²) in [4.78, 5) is 19.8. The van der Waals surface area contributed by atoms with Gasteiger partial charge in [0.15, 0.2) is 0 Å². The van der Waals surface area contributed by atoms with Crippen molar-refractivity contribution in [3.05, 3.63) is 95.6 Å². The van der Waals surface area contributed by atoms with Crippen LogP contribution in [0.3, 0.4) is 0 Å². The Morgan fingerprint density at radius 2 is 1.50 bits per heavy atom. The maximum absolute atomic E-state index is 13.4. The molecule has 1 N–H and O–H groups in total. The van der Waals surface area contributed by atoms with E-state index in [1.807, 2.05) is 24.3 Å². The number of carbonyl (C=O) groups is 1. The van der Waals surface area contributed by atoms with E-state index in [-0.39, 0.29) is 23.5 Å². The van der Waals surface area contributed by atoms with Crippen LogP contribution >= 0.6 is 0 Å². The third-order valence-corrected chi connectivity index (χ3v) is 6.42. The first-order valence-electron chi connectivity index (χ1n) is 11.5. The number of rotatable bonds is 6. The Hall–Kier alpha value is -3.74. The number of hydrogen-bond acceptors (Lipinski definition) is 3. The van der Waals surface area contributed by atoms with Crippen molar-refractivity contribution >= 4 is 22.9 Å². The van der Waals surface area contributed by atoms with Gasteiger partial charge in [-0.3, -0.25) is 4.79 Å². The number of hydrogen-bond donors (Lipinski definition) is 1. The van der Waals surface area contributed by atoms with Crippen LogP contribution in [0.15, 0.2) is 72.8 Å². The van der Waals surface area contributed by atoms with Crippen LogP contribution in [0.2, 0.25) is 0 Å². The number of amides is 1. The minimum atomic E-state index is -0.284. The number of piperidine rings is 1. The molecule has 3 aromatic carbocycles. The molecule has 0 spiro atoms. The number of carbonyl (C=O) groups excluding carboxylic acids is 1. The molecule has 4 aromatic rings. The predicted octanol–water partition coefficient (Wildman–Crippen LogP) is 4.90. The Kier molecular flexibility index (Phi) is 6.25. The number of aromatic nitrogens is 2. The van der Waals surface area contributed by atoms with Crippen LogP contribution in [-0.4, -0.2) is 28.5 Å². The fourth-order valence-corrected chi connectivity index (χ4v) is 4.51. The van der Waals surface area contributed by atoms with Gasteiger partial charge in [-0.15, -0.1) is 0 Å². The van der Waals surface area contributed by atoms with Gasteiger partial charge in [-0.25, -0.2) is 13.8 Å². The molecular weight excluding hydrogens is 434 g/mol. The molecule has 1 aromatic heterocycles. The standard InChI is InChI=1S/C27H26F2N4O/c28-22-9-5-19(6-10-22)17-30-26(34)21-13-15-32(16-14-21)27-31-24-3-1-2-4-25(24)33(27)18-20-7-11-23(29)12-8-20/h1-12,21H,13-18H2,(H,30,34). The smallest absolute Gasteiger partial charge is 0.223 e. The third kappa shape index (κ3) is 4.78. The summed E-state index contributed by atoms with van der Waals surface area (Å²) in [7, 11) is 0. The van der Waals surface area contributed by atoms with E-state index in [4.69, 9.17) is 4.98 Å². The van der Waals surface area contributed by atoms with Crippen LogP contribution in [0.5, 0.6) is 0 Å². The molecule has 0 aliphatic carbocycles. The summed E-state index contributed by atoms with van der Waals surface area (Å²) in [6.07, 6.45) is 1.46. The van der Waals surface area contributed by atoms with Crippen LogP contribution < -0.4 is 10.2 Å². The molecule has 1 amide bonds. The summed E-state index contributed by atoms with van der Waals surface area (Å²) in [5.74, 6) is 0.304. The number of para-hydroxylation sites is 2. The fourth-order valence-electron chi connectivity index (χ4n) is 4.51. The lowest BCUT2D eigenvalue weighted by Crippen LogP contribution is -2.41. The lowest BCUT2D eigenvalue weighted by atomic mass is 9.96. The van der Waals surface area contributed by atoms with Crippen LogP contribution in [0.25, 0.3) is 11.0 Å². The van der Waals surface area contributed by atoms with Crippen molar-refractivity contribution < 1.29 is 13.6 Å².